The van der Waals surface area contributed by atoms with Crippen molar-refractivity contribution in [2.45, 2.75) is 13.8 Å². The molecule has 0 aromatic heterocycles. The number of aromatic nitrogens is 1. The standard InChI is InChI=1S/C30H41N3O12/c1-18-21(31)17-20(29(35)43-15-13-41-11-9-39-7-5-37-3)24-27(18)45-28-19(2)26(34)23(32)22(25(28)33-24)30(36)44-16-14-42-12-10-40-8-6-38-4/h17H,5-16,31-32H2,1-4H3. The number of nitrogens with zero attached hydrogens (tertiary/aromatic N) is 1. The molecule has 0 spiro atoms. The summed E-state index contributed by atoms with van der Waals surface area (Å²) >= 11 is 0. The van der Waals surface area contributed by atoms with Gasteiger partial charge in [0.1, 0.15) is 30.0 Å². The van der Waals surface area contributed by atoms with Gasteiger partial charge < -0.3 is 53.8 Å². The monoisotopic (exact) mass is 635 g/mol. The summed E-state index contributed by atoms with van der Waals surface area (Å²) in [5.74, 6) is -1.64. The summed E-state index contributed by atoms with van der Waals surface area (Å²) in [5, 5.41) is 0. The first-order valence-electron chi connectivity index (χ1n) is 14.3. The second kappa shape index (κ2) is 18.2. The fraction of sp³-hybridized carbons (Fsp3) is 0.533. The van der Waals surface area contributed by atoms with Crippen LogP contribution in [-0.2, 0) is 37.9 Å². The summed E-state index contributed by atoms with van der Waals surface area (Å²) in [6, 6.07) is 1.41. The first kappa shape index (κ1) is 35.6. The van der Waals surface area contributed by atoms with E-state index in [-0.39, 0.29) is 83.7 Å². The fourth-order valence-electron chi connectivity index (χ4n) is 4.11. The molecule has 0 saturated heterocycles. The Morgan fingerprint density at radius 2 is 1.22 bits per heavy atom. The van der Waals surface area contributed by atoms with E-state index in [0.29, 0.717) is 51.8 Å². The van der Waals surface area contributed by atoms with Crippen LogP contribution in [0.2, 0.25) is 0 Å². The minimum Gasteiger partial charge on any atom is -0.460 e. The highest BCUT2D eigenvalue weighted by Gasteiger charge is 2.30. The second-order valence-corrected chi connectivity index (χ2v) is 9.66. The molecular formula is C30H41N3O12. The average Bonchev–Trinajstić information content (AvgIpc) is 3.03. The topological polar surface area (TPSA) is 203 Å². The van der Waals surface area contributed by atoms with Gasteiger partial charge in [0.05, 0.1) is 77.3 Å². The molecule has 1 aliphatic carbocycles. The van der Waals surface area contributed by atoms with Crippen LogP contribution in [-0.4, -0.2) is 110 Å². The van der Waals surface area contributed by atoms with Gasteiger partial charge in [-0.1, -0.05) is 0 Å². The number of nitrogens with two attached hydrogens (primary N) is 2. The van der Waals surface area contributed by atoms with E-state index in [1.165, 1.54) is 13.0 Å². The van der Waals surface area contributed by atoms with Crippen molar-refractivity contribution >= 4 is 34.4 Å². The van der Waals surface area contributed by atoms with Crippen molar-refractivity contribution in [1.82, 2.24) is 4.98 Å². The van der Waals surface area contributed by atoms with Crippen molar-refractivity contribution in [3.05, 3.63) is 38.5 Å². The van der Waals surface area contributed by atoms with Gasteiger partial charge in [0.2, 0.25) is 5.43 Å². The molecule has 2 aliphatic rings. The van der Waals surface area contributed by atoms with Crippen molar-refractivity contribution < 1.29 is 51.9 Å². The molecule has 0 atom stereocenters. The van der Waals surface area contributed by atoms with Crippen LogP contribution in [0, 0.1) is 13.8 Å². The van der Waals surface area contributed by atoms with E-state index >= 15 is 0 Å². The summed E-state index contributed by atoms with van der Waals surface area (Å²) in [6.45, 7) is 6.33. The van der Waals surface area contributed by atoms with Crippen LogP contribution < -0.4 is 16.9 Å². The Morgan fingerprint density at radius 3 is 1.76 bits per heavy atom. The highest BCUT2D eigenvalue weighted by molar-refractivity contribution is 6.07. The maximum atomic E-state index is 13.2. The number of anilines is 2. The van der Waals surface area contributed by atoms with Gasteiger partial charge in [0.25, 0.3) is 0 Å². The molecule has 0 radical (unpaired) electrons. The van der Waals surface area contributed by atoms with Crippen molar-refractivity contribution in [2.75, 3.05) is 105 Å². The Morgan fingerprint density at radius 1 is 0.733 bits per heavy atom. The third kappa shape index (κ3) is 9.56. The molecule has 1 aliphatic heterocycles. The quantitative estimate of drug-likeness (QED) is 0.0786. The number of rotatable bonds is 20. The van der Waals surface area contributed by atoms with Crippen LogP contribution in [0.25, 0.3) is 22.6 Å². The molecule has 15 heteroatoms. The number of nitrogen functional groups attached to an aromatic ring is 2. The van der Waals surface area contributed by atoms with Gasteiger partial charge in [-0.15, -0.1) is 0 Å². The molecule has 15 nitrogen and oxygen atoms in total. The zero-order chi connectivity index (χ0) is 32.8. The number of esters is 2. The van der Waals surface area contributed by atoms with Gasteiger partial charge in [-0.05, 0) is 19.9 Å². The van der Waals surface area contributed by atoms with E-state index in [0.717, 1.165) is 0 Å². The van der Waals surface area contributed by atoms with E-state index in [1.54, 1.807) is 21.1 Å². The molecule has 0 amide bonds. The Hall–Kier alpha value is -3.86. The zero-order valence-corrected chi connectivity index (χ0v) is 26.1. The number of hydrogen-bond acceptors (Lipinski definition) is 15. The lowest BCUT2D eigenvalue weighted by Crippen LogP contribution is -2.23. The van der Waals surface area contributed by atoms with E-state index < -0.39 is 17.4 Å². The molecule has 1 aromatic rings. The molecule has 0 bridgehead atoms. The SMILES string of the molecule is COCCOCCOCCOC(=O)c1c2nc3c(C(=O)OCCOCCOCCOC)cc(N)c(C)c3oc-2c(C)c(=O)c1N. The van der Waals surface area contributed by atoms with Crippen molar-refractivity contribution in [1.29, 1.82) is 0 Å². The third-order valence-corrected chi connectivity index (χ3v) is 6.57. The summed E-state index contributed by atoms with van der Waals surface area (Å²) in [5.41, 5.74) is 12.0. The maximum Gasteiger partial charge on any atom is 0.342 e. The Balaban J connectivity index is 1.80. The largest absolute Gasteiger partial charge is 0.460 e. The van der Waals surface area contributed by atoms with Gasteiger partial charge in [0.15, 0.2) is 11.3 Å². The minimum atomic E-state index is -0.906. The third-order valence-electron chi connectivity index (χ3n) is 6.57. The summed E-state index contributed by atoms with van der Waals surface area (Å²) < 4.78 is 48.1. The lowest BCUT2D eigenvalue weighted by molar-refractivity contribution is 0.00560. The first-order chi connectivity index (χ1) is 21.7. The number of benzene rings is 2. The molecule has 0 fully saturated rings. The smallest absolute Gasteiger partial charge is 0.342 e. The summed E-state index contributed by atoms with van der Waals surface area (Å²) in [7, 11) is 3.16. The second-order valence-electron chi connectivity index (χ2n) is 9.66. The molecule has 4 N–H and O–H groups in total. The number of aryl methyl sites for hydroxylation is 1. The number of methoxy groups -OCH3 is 2. The molecule has 3 rings (SSSR count). The number of carbonyl (C=O) groups is 2. The number of carbonyl (C=O) groups excluding carboxylic acids is 2. The molecule has 1 heterocycles. The molecule has 0 saturated carbocycles. The Kier molecular flexibility index (Phi) is 14.4. The summed E-state index contributed by atoms with van der Waals surface area (Å²) in [4.78, 5) is 43.8. The highest BCUT2D eigenvalue weighted by Crippen LogP contribution is 2.36. The number of hydrogen-bond donors (Lipinski definition) is 2. The van der Waals surface area contributed by atoms with Crippen LogP contribution >= 0.6 is 0 Å². The van der Waals surface area contributed by atoms with Crippen LogP contribution in [0.15, 0.2) is 15.3 Å². The summed E-state index contributed by atoms with van der Waals surface area (Å²) in [6.07, 6.45) is 0. The molecular weight excluding hydrogens is 594 g/mol. The average molecular weight is 636 g/mol. The van der Waals surface area contributed by atoms with Crippen LogP contribution in [0.1, 0.15) is 31.8 Å². The first-order valence-corrected chi connectivity index (χ1v) is 14.3. The van der Waals surface area contributed by atoms with E-state index in [1.807, 2.05) is 0 Å². The van der Waals surface area contributed by atoms with E-state index in [2.05, 4.69) is 4.98 Å². The normalized spacial score (nSPS) is 11.4. The Bertz CT molecular complexity index is 1460. The molecule has 0 unspecified atom stereocenters. The highest BCUT2D eigenvalue weighted by atomic mass is 16.6. The number of fused-ring (bicyclic) bond motifs is 2. The van der Waals surface area contributed by atoms with Crippen molar-refractivity contribution in [3.63, 3.8) is 0 Å². The van der Waals surface area contributed by atoms with Crippen molar-refractivity contribution in [3.8, 4) is 11.5 Å². The Labute approximate surface area is 260 Å². The predicted molar refractivity (Wildman–Crippen MR) is 163 cm³/mol. The van der Waals surface area contributed by atoms with Crippen LogP contribution in [0.3, 0.4) is 0 Å². The van der Waals surface area contributed by atoms with Crippen LogP contribution in [0.4, 0.5) is 11.4 Å². The molecule has 248 valence electrons. The van der Waals surface area contributed by atoms with Gasteiger partial charge >= 0.3 is 11.9 Å². The fourth-order valence-corrected chi connectivity index (χ4v) is 4.11. The van der Waals surface area contributed by atoms with Gasteiger partial charge in [-0.3, -0.25) is 4.79 Å². The lowest BCUT2D eigenvalue weighted by Gasteiger charge is -2.17. The number of ether oxygens (including phenoxy) is 8. The maximum absolute atomic E-state index is 13.2. The molecule has 1 aromatic carbocycles. The van der Waals surface area contributed by atoms with Crippen molar-refractivity contribution in [2.24, 2.45) is 0 Å². The predicted octanol–water partition coefficient (Wildman–Crippen LogP) is 1.75. The lowest BCUT2D eigenvalue weighted by atomic mass is 10.00. The van der Waals surface area contributed by atoms with Crippen LogP contribution in [0.5, 0.6) is 0 Å². The van der Waals surface area contributed by atoms with E-state index in [9.17, 15) is 14.4 Å². The van der Waals surface area contributed by atoms with Gasteiger partial charge in [-0.2, -0.15) is 0 Å². The minimum absolute atomic E-state index is 0.00671. The molecule has 45 heavy (non-hydrogen) atoms. The van der Waals surface area contributed by atoms with Gasteiger partial charge in [-0.25, -0.2) is 14.6 Å². The zero-order valence-electron chi connectivity index (χ0n) is 26.1. The van der Waals surface area contributed by atoms with Gasteiger partial charge in [0, 0.05) is 31.0 Å². The van der Waals surface area contributed by atoms with E-state index in [4.69, 9.17) is 53.8 Å².